The van der Waals surface area contributed by atoms with Crippen molar-refractivity contribution in [2.75, 3.05) is 18.8 Å². The van der Waals surface area contributed by atoms with E-state index in [2.05, 4.69) is 6.07 Å². The number of carbonyl (C=O) groups is 2. The minimum atomic E-state index is -0.288. The highest BCUT2D eigenvalue weighted by Crippen LogP contribution is 2.34. The quantitative estimate of drug-likeness (QED) is 0.922. The van der Waals surface area contributed by atoms with Crippen molar-refractivity contribution in [1.29, 1.82) is 0 Å². The van der Waals surface area contributed by atoms with E-state index in [0.717, 1.165) is 37.1 Å². The van der Waals surface area contributed by atoms with Crippen LogP contribution in [0.3, 0.4) is 0 Å². The molecule has 112 valence electrons. The highest BCUT2D eigenvalue weighted by Gasteiger charge is 2.27. The Balaban J connectivity index is 1.69. The molecule has 3 rings (SSSR count). The van der Waals surface area contributed by atoms with Crippen molar-refractivity contribution in [2.24, 2.45) is 11.7 Å². The van der Waals surface area contributed by atoms with E-state index < -0.39 is 0 Å². The molecule has 1 fully saturated rings. The molecule has 1 aromatic carbocycles. The first-order valence-corrected chi connectivity index (χ1v) is 8.44. The van der Waals surface area contributed by atoms with Crippen molar-refractivity contribution in [3.05, 3.63) is 29.3 Å². The fraction of sp³-hybridized carbons (Fsp3) is 0.500. The highest BCUT2D eigenvalue weighted by molar-refractivity contribution is 7.99. The molecule has 2 aliphatic rings. The Morgan fingerprint density at radius 3 is 3.05 bits per heavy atom. The van der Waals surface area contributed by atoms with Gasteiger partial charge in [0.25, 0.3) is 0 Å². The second-order valence-electron chi connectivity index (χ2n) is 5.76. The number of carbonyl (C=O) groups excluding carboxylic acids is 2. The van der Waals surface area contributed by atoms with Crippen molar-refractivity contribution >= 4 is 23.6 Å². The zero-order chi connectivity index (χ0) is 14.8. The molecule has 21 heavy (non-hydrogen) atoms. The third-order valence-electron chi connectivity index (χ3n) is 4.31. The fourth-order valence-electron chi connectivity index (χ4n) is 3.13. The van der Waals surface area contributed by atoms with Gasteiger partial charge >= 0.3 is 0 Å². The molecule has 1 atom stereocenters. The number of fused-ring (bicyclic) bond motifs is 1. The van der Waals surface area contributed by atoms with Crippen molar-refractivity contribution in [3.8, 4) is 0 Å². The average molecular weight is 304 g/mol. The number of hydrogen-bond donors (Lipinski definition) is 1. The van der Waals surface area contributed by atoms with Gasteiger partial charge < -0.3 is 10.6 Å². The summed E-state index contributed by atoms with van der Waals surface area (Å²) in [5.41, 5.74) is 7.86. The number of nitrogens with two attached hydrogens (primary N) is 1. The first kappa shape index (κ1) is 14.4. The van der Waals surface area contributed by atoms with Gasteiger partial charge in [0.05, 0.1) is 12.3 Å². The number of thioether (sulfide) groups is 1. The van der Waals surface area contributed by atoms with Gasteiger partial charge in [-0.1, -0.05) is 18.2 Å². The van der Waals surface area contributed by atoms with E-state index in [4.69, 9.17) is 5.73 Å². The van der Waals surface area contributed by atoms with E-state index in [1.165, 1.54) is 10.5 Å². The van der Waals surface area contributed by atoms with Crippen LogP contribution in [0.5, 0.6) is 0 Å². The molecule has 0 aromatic heterocycles. The highest BCUT2D eigenvalue weighted by atomic mass is 32.2. The summed E-state index contributed by atoms with van der Waals surface area (Å²) in [5.74, 6) is 0.748. The van der Waals surface area contributed by atoms with Crippen LogP contribution < -0.4 is 5.73 Å². The van der Waals surface area contributed by atoms with Crippen LogP contribution in [0.15, 0.2) is 23.1 Å². The molecule has 0 spiro atoms. The van der Waals surface area contributed by atoms with Crippen LogP contribution in [0.1, 0.15) is 24.0 Å². The molecular weight excluding hydrogens is 284 g/mol. The van der Waals surface area contributed by atoms with Crippen LogP contribution in [0.2, 0.25) is 0 Å². The molecule has 1 saturated heterocycles. The van der Waals surface area contributed by atoms with Gasteiger partial charge in [0.2, 0.25) is 11.8 Å². The Bertz CT molecular complexity index is 573. The fourth-order valence-corrected chi connectivity index (χ4v) is 4.34. The second kappa shape index (κ2) is 6.10. The van der Waals surface area contributed by atoms with Crippen molar-refractivity contribution < 1.29 is 9.59 Å². The van der Waals surface area contributed by atoms with Crippen LogP contribution in [0.4, 0.5) is 0 Å². The molecule has 2 aliphatic heterocycles. The first-order valence-electron chi connectivity index (χ1n) is 7.46. The van der Waals surface area contributed by atoms with Gasteiger partial charge in [0.1, 0.15) is 0 Å². The summed E-state index contributed by atoms with van der Waals surface area (Å²) in [6, 6.07) is 6.23. The first-order chi connectivity index (χ1) is 10.1. The summed E-state index contributed by atoms with van der Waals surface area (Å²) in [4.78, 5) is 26.9. The van der Waals surface area contributed by atoms with Crippen molar-refractivity contribution in [1.82, 2.24) is 4.90 Å². The largest absolute Gasteiger partial charge is 0.369 e. The average Bonchev–Trinajstić information content (AvgIpc) is 2.97. The molecular formula is C16H20N2O2S. The van der Waals surface area contributed by atoms with Crippen LogP contribution in [0.25, 0.3) is 0 Å². The number of amides is 2. The predicted octanol–water partition coefficient (Wildman–Crippen LogP) is 1.60. The van der Waals surface area contributed by atoms with E-state index in [0.29, 0.717) is 13.0 Å². The molecule has 0 aliphatic carbocycles. The summed E-state index contributed by atoms with van der Waals surface area (Å²) in [6.45, 7) is 1.22. The Morgan fingerprint density at radius 2 is 2.24 bits per heavy atom. The van der Waals surface area contributed by atoms with Gasteiger partial charge in [-0.05, 0) is 30.4 Å². The lowest BCUT2D eigenvalue weighted by Gasteiger charge is -2.31. The SMILES string of the molecule is NC(=O)[C@H]1CCCN(C(=O)Cc2cccc3c2SCC3)C1. The normalized spacial score (nSPS) is 21.1. The van der Waals surface area contributed by atoms with E-state index in [1.54, 1.807) is 4.90 Å². The minimum absolute atomic E-state index is 0.113. The summed E-state index contributed by atoms with van der Waals surface area (Å²) in [5, 5.41) is 0. The second-order valence-corrected chi connectivity index (χ2v) is 6.87. The molecule has 0 bridgehead atoms. The zero-order valence-electron chi connectivity index (χ0n) is 12.0. The van der Waals surface area contributed by atoms with Gasteiger partial charge in [-0.25, -0.2) is 0 Å². The van der Waals surface area contributed by atoms with E-state index >= 15 is 0 Å². The van der Waals surface area contributed by atoms with Gasteiger partial charge in [-0.3, -0.25) is 9.59 Å². The number of likely N-dealkylation sites (tertiary alicyclic amines) is 1. The van der Waals surface area contributed by atoms with Gasteiger partial charge in [-0.15, -0.1) is 11.8 Å². The molecule has 0 saturated carbocycles. The Hall–Kier alpha value is -1.49. The smallest absolute Gasteiger partial charge is 0.227 e. The third kappa shape index (κ3) is 3.07. The molecule has 5 heteroatoms. The minimum Gasteiger partial charge on any atom is -0.369 e. The predicted molar refractivity (Wildman–Crippen MR) is 83.1 cm³/mol. The number of rotatable bonds is 3. The zero-order valence-corrected chi connectivity index (χ0v) is 12.8. The summed E-state index contributed by atoms with van der Waals surface area (Å²) < 4.78 is 0. The van der Waals surface area contributed by atoms with Crippen LogP contribution in [0, 0.1) is 5.92 Å². The third-order valence-corrected chi connectivity index (χ3v) is 5.54. The number of benzene rings is 1. The van der Waals surface area contributed by atoms with Crippen LogP contribution in [-0.4, -0.2) is 35.6 Å². The van der Waals surface area contributed by atoms with Crippen molar-refractivity contribution in [3.63, 3.8) is 0 Å². The molecule has 1 aromatic rings. The lowest BCUT2D eigenvalue weighted by molar-refractivity contribution is -0.134. The number of hydrogen-bond acceptors (Lipinski definition) is 3. The Morgan fingerprint density at radius 1 is 1.38 bits per heavy atom. The summed E-state index contributed by atoms with van der Waals surface area (Å²) in [6.07, 6.45) is 3.19. The Kier molecular flexibility index (Phi) is 4.19. The number of piperidine rings is 1. The van der Waals surface area contributed by atoms with Gasteiger partial charge in [-0.2, -0.15) is 0 Å². The molecule has 4 nitrogen and oxygen atoms in total. The topological polar surface area (TPSA) is 63.4 Å². The number of nitrogens with zero attached hydrogens (tertiary/aromatic N) is 1. The van der Waals surface area contributed by atoms with Crippen molar-refractivity contribution in [2.45, 2.75) is 30.6 Å². The lowest BCUT2D eigenvalue weighted by atomic mass is 9.96. The van der Waals surface area contributed by atoms with Gasteiger partial charge in [0.15, 0.2) is 0 Å². The van der Waals surface area contributed by atoms with Gasteiger partial charge in [0, 0.05) is 23.7 Å². The maximum Gasteiger partial charge on any atom is 0.227 e. The van der Waals surface area contributed by atoms with Crippen LogP contribution in [-0.2, 0) is 22.4 Å². The maximum atomic E-state index is 12.5. The molecule has 2 N–H and O–H groups in total. The number of aryl methyl sites for hydroxylation is 1. The molecule has 2 heterocycles. The van der Waals surface area contributed by atoms with Crippen LogP contribution >= 0.6 is 11.8 Å². The summed E-state index contributed by atoms with van der Waals surface area (Å²) >= 11 is 1.84. The monoisotopic (exact) mass is 304 g/mol. The maximum absolute atomic E-state index is 12.5. The Labute approximate surface area is 129 Å². The summed E-state index contributed by atoms with van der Waals surface area (Å²) in [7, 11) is 0. The molecule has 0 unspecified atom stereocenters. The van der Waals surface area contributed by atoms with E-state index in [9.17, 15) is 9.59 Å². The lowest BCUT2D eigenvalue weighted by Crippen LogP contribution is -2.44. The molecule has 0 radical (unpaired) electrons. The number of primary amides is 1. The van der Waals surface area contributed by atoms with E-state index in [-0.39, 0.29) is 17.7 Å². The molecule has 2 amide bonds. The van der Waals surface area contributed by atoms with E-state index in [1.807, 2.05) is 23.9 Å². The standard InChI is InChI=1S/C16H20N2O2S/c17-16(20)13-5-2-7-18(10-13)14(19)9-12-4-1-3-11-6-8-21-15(11)12/h1,3-4,13H,2,5-10H2,(H2,17,20)/t13-/m0/s1.